The van der Waals surface area contributed by atoms with Crippen LogP contribution in [0.1, 0.15) is 28.3 Å². The minimum atomic E-state index is 0.229. The van der Waals surface area contributed by atoms with Gasteiger partial charge in [0.2, 0.25) is 0 Å². The van der Waals surface area contributed by atoms with Gasteiger partial charge in [0.15, 0.2) is 0 Å². The molecule has 1 aromatic carbocycles. The van der Waals surface area contributed by atoms with Crippen molar-refractivity contribution in [3.8, 4) is 0 Å². The number of hydrogen-bond donors (Lipinski definition) is 2. The van der Waals surface area contributed by atoms with E-state index in [1.54, 1.807) is 6.20 Å². The first-order valence-electron chi connectivity index (χ1n) is 6.66. The summed E-state index contributed by atoms with van der Waals surface area (Å²) in [6.07, 6.45) is 2.55. The number of pyridine rings is 1. The third kappa shape index (κ3) is 3.19. The lowest BCUT2D eigenvalue weighted by molar-refractivity contribution is 0.591. The minimum Gasteiger partial charge on any atom is -0.383 e. The van der Waals surface area contributed by atoms with E-state index in [4.69, 9.17) is 5.73 Å². The second-order valence-electron chi connectivity index (χ2n) is 5.06. The Labute approximate surface area is 128 Å². The molecule has 4 heteroatoms. The number of hydrogen-bond acceptors (Lipinski definition) is 3. The van der Waals surface area contributed by atoms with Crippen molar-refractivity contribution in [2.24, 2.45) is 0 Å². The summed E-state index contributed by atoms with van der Waals surface area (Å²) < 4.78 is 1.18. The van der Waals surface area contributed by atoms with Crippen LogP contribution in [0.3, 0.4) is 0 Å². The highest BCUT2D eigenvalue weighted by Crippen LogP contribution is 2.27. The number of aromatic nitrogens is 1. The molecular formula is C16H20BrN3. The summed E-state index contributed by atoms with van der Waals surface area (Å²) >= 11 is 3.61. The Hall–Kier alpha value is -1.39. The van der Waals surface area contributed by atoms with E-state index < -0.39 is 0 Å². The number of nitrogen functional groups attached to an aromatic ring is 1. The Bertz CT molecular complexity index is 587. The van der Waals surface area contributed by atoms with E-state index in [0.717, 1.165) is 12.0 Å². The molecule has 0 aliphatic heterocycles. The van der Waals surface area contributed by atoms with Crippen LogP contribution in [0, 0.1) is 13.8 Å². The van der Waals surface area contributed by atoms with Gasteiger partial charge in [0.25, 0.3) is 0 Å². The number of likely N-dealkylation sites (N-methyl/N-ethyl adjacent to an activating group) is 1. The topological polar surface area (TPSA) is 50.9 Å². The van der Waals surface area contributed by atoms with Gasteiger partial charge in [0.05, 0.1) is 0 Å². The Morgan fingerprint density at radius 1 is 1.30 bits per heavy atom. The van der Waals surface area contributed by atoms with Gasteiger partial charge in [-0.15, -0.1) is 0 Å². The van der Waals surface area contributed by atoms with Crippen molar-refractivity contribution in [1.29, 1.82) is 0 Å². The first kappa shape index (κ1) is 15.0. The number of halogens is 1. The molecule has 0 fully saturated rings. The van der Waals surface area contributed by atoms with Gasteiger partial charge >= 0.3 is 0 Å². The van der Waals surface area contributed by atoms with Crippen LogP contribution in [0.15, 0.2) is 34.9 Å². The fourth-order valence-corrected chi connectivity index (χ4v) is 2.64. The average molecular weight is 334 g/mol. The van der Waals surface area contributed by atoms with Gasteiger partial charge in [0.1, 0.15) is 5.82 Å². The van der Waals surface area contributed by atoms with Crippen molar-refractivity contribution in [2.45, 2.75) is 26.3 Å². The maximum atomic E-state index is 5.94. The molecule has 1 unspecified atom stereocenters. The maximum absolute atomic E-state index is 5.94. The van der Waals surface area contributed by atoms with Gasteiger partial charge in [-0.1, -0.05) is 34.1 Å². The average Bonchev–Trinajstić information content (AvgIpc) is 2.43. The maximum Gasteiger partial charge on any atom is 0.126 e. The van der Waals surface area contributed by atoms with Crippen LogP contribution in [0.5, 0.6) is 0 Å². The SMILES string of the molecule is CNC(Cc1cccnc1N)c1cc(C)c(Br)c(C)c1. The fourth-order valence-electron chi connectivity index (χ4n) is 2.41. The molecular weight excluding hydrogens is 314 g/mol. The summed E-state index contributed by atoms with van der Waals surface area (Å²) in [7, 11) is 1.98. The molecule has 106 valence electrons. The number of nitrogens with zero attached hydrogens (tertiary/aromatic N) is 1. The molecule has 0 radical (unpaired) electrons. The number of nitrogens with two attached hydrogens (primary N) is 1. The van der Waals surface area contributed by atoms with Crippen LogP contribution < -0.4 is 11.1 Å². The molecule has 0 amide bonds. The van der Waals surface area contributed by atoms with Crippen molar-refractivity contribution in [2.75, 3.05) is 12.8 Å². The first-order chi connectivity index (χ1) is 9.52. The third-order valence-electron chi connectivity index (χ3n) is 3.56. The predicted octanol–water partition coefficient (Wildman–Crippen LogP) is 3.55. The van der Waals surface area contributed by atoms with E-state index in [9.17, 15) is 0 Å². The van der Waals surface area contributed by atoms with Gasteiger partial charge in [-0.2, -0.15) is 0 Å². The summed E-state index contributed by atoms with van der Waals surface area (Å²) in [4.78, 5) is 4.15. The van der Waals surface area contributed by atoms with Crippen molar-refractivity contribution in [3.05, 3.63) is 57.2 Å². The zero-order valence-electron chi connectivity index (χ0n) is 12.1. The highest BCUT2D eigenvalue weighted by atomic mass is 79.9. The lowest BCUT2D eigenvalue weighted by Gasteiger charge is -2.19. The van der Waals surface area contributed by atoms with E-state index in [1.807, 2.05) is 19.2 Å². The fraction of sp³-hybridized carbons (Fsp3) is 0.312. The summed E-state index contributed by atoms with van der Waals surface area (Å²) in [5.41, 5.74) is 10.8. The molecule has 3 nitrogen and oxygen atoms in total. The molecule has 0 aliphatic carbocycles. The Balaban J connectivity index is 2.31. The molecule has 20 heavy (non-hydrogen) atoms. The summed E-state index contributed by atoms with van der Waals surface area (Å²) in [5, 5.41) is 3.37. The number of benzene rings is 1. The lowest BCUT2D eigenvalue weighted by Crippen LogP contribution is -2.20. The zero-order valence-corrected chi connectivity index (χ0v) is 13.7. The van der Waals surface area contributed by atoms with Gasteiger partial charge in [-0.3, -0.25) is 0 Å². The van der Waals surface area contributed by atoms with Crippen LogP contribution in [-0.4, -0.2) is 12.0 Å². The molecule has 1 aromatic heterocycles. The van der Waals surface area contributed by atoms with Crippen LogP contribution in [0.2, 0.25) is 0 Å². The Morgan fingerprint density at radius 3 is 2.50 bits per heavy atom. The van der Waals surface area contributed by atoms with Crippen molar-refractivity contribution in [1.82, 2.24) is 10.3 Å². The van der Waals surface area contributed by atoms with E-state index in [2.05, 4.69) is 52.2 Å². The molecule has 0 spiro atoms. The quantitative estimate of drug-likeness (QED) is 0.899. The van der Waals surface area contributed by atoms with E-state index >= 15 is 0 Å². The lowest BCUT2D eigenvalue weighted by atomic mass is 9.96. The monoisotopic (exact) mass is 333 g/mol. The van der Waals surface area contributed by atoms with Crippen LogP contribution in [0.4, 0.5) is 5.82 Å². The standard InChI is InChI=1S/C16H20BrN3/c1-10-7-13(8-11(2)15(10)17)14(19-3)9-12-5-4-6-20-16(12)18/h4-8,14,19H,9H2,1-3H3,(H2,18,20). The smallest absolute Gasteiger partial charge is 0.126 e. The van der Waals surface area contributed by atoms with Gasteiger partial charge < -0.3 is 11.1 Å². The number of nitrogens with one attached hydrogen (secondary N) is 1. The molecule has 0 bridgehead atoms. The van der Waals surface area contributed by atoms with Gasteiger partial charge in [-0.05, 0) is 55.6 Å². The Kier molecular flexibility index (Phi) is 4.78. The summed E-state index contributed by atoms with van der Waals surface area (Å²) in [6.45, 7) is 4.23. The molecule has 2 aromatic rings. The van der Waals surface area contributed by atoms with Crippen molar-refractivity contribution >= 4 is 21.7 Å². The minimum absolute atomic E-state index is 0.229. The van der Waals surface area contributed by atoms with Crippen molar-refractivity contribution in [3.63, 3.8) is 0 Å². The van der Waals surface area contributed by atoms with E-state index in [1.165, 1.54) is 21.2 Å². The number of aryl methyl sites for hydroxylation is 2. The predicted molar refractivity (Wildman–Crippen MR) is 87.8 cm³/mol. The summed E-state index contributed by atoms with van der Waals surface area (Å²) in [5.74, 6) is 0.610. The van der Waals surface area contributed by atoms with Crippen LogP contribution >= 0.6 is 15.9 Å². The molecule has 1 atom stereocenters. The highest BCUT2D eigenvalue weighted by molar-refractivity contribution is 9.10. The first-order valence-corrected chi connectivity index (χ1v) is 7.45. The zero-order chi connectivity index (χ0) is 14.7. The molecule has 0 saturated carbocycles. The summed E-state index contributed by atoms with van der Waals surface area (Å²) in [6, 6.07) is 8.61. The van der Waals surface area contributed by atoms with E-state index in [0.29, 0.717) is 5.82 Å². The van der Waals surface area contributed by atoms with Crippen LogP contribution in [0.25, 0.3) is 0 Å². The molecule has 0 aliphatic rings. The third-order valence-corrected chi connectivity index (χ3v) is 4.81. The van der Waals surface area contributed by atoms with E-state index in [-0.39, 0.29) is 6.04 Å². The molecule has 1 heterocycles. The second-order valence-corrected chi connectivity index (χ2v) is 5.85. The van der Waals surface area contributed by atoms with Gasteiger partial charge in [-0.25, -0.2) is 4.98 Å². The largest absolute Gasteiger partial charge is 0.383 e. The molecule has 2 rings (SSSR count). The van der Waals surface area contributed by atoms with Gasteiger partial charge in [0, 0.05) is 16.7 Å². The molecule has 3 N–H and O–H groups in total. The van der Waals surface area contributed by atoms with Crippen molar-refractivity contribution < 1.29 is 0 Å². The Morgan fingerprint density at radius 2 is 1.95 bits per heavy atom. The highest BCUT2D eigenvalue weighted by Gasteiger charge is 2.14. The molecule has 0 saturated heterocycles. The number of anilines is 1. The normalized spacial score (nSPS) is 12.4. The second kappa shape index (κ2) is 6.37. The number of rotatable bonds is 4. The van der Waals surface area contributed by atoms with Crippen LogP contribution in [-0.2, 0) is 6.42 Å².